The number of alkyl halides is 4. The number of thioether (sulfide) groups is 1. The molecular formula is C27H25F4N5OS. The molecule has 0 unspecified atom stereocenters. The van der Waals surface area contributed by atoms with Crippen LogP contribution in [0.4, 0.5) is 23.2 Å². The topological polar surface area (TPSA) is 82.3 Å². The Balaban J connectivity index is 1.75. The van der Waals surface area contributed by atoms with Crippen LogP contribution in [0.1, 0.15) is 11.4 Å². The fourth-order valence-corrected chi connectivity index (χ4v) is 4.34. The summed E-state index contributed by atoms with van der Waals surface area (Å²) >= 11 is 1.63. The van der Waals surface area contributed by atoms with Gasteiger partial charge in [0.15, 0.2) is 0 Å². The first-order valence-corrected chi connectivity index (χ1v) is 12.6. The first kappa shape index (κ1) is 27.1. The third-order valence-electron chi connectivity index (χ3n) is 5.80. The quantitative estimate of drug-likeness (QED) is 0.109. The summed E-state index contributed by atoms with van der Waals surface area (Å²) in [5.41, 5.74) is 9.94. The number of aryl methyl sites for hydroxylation is 1. The van der Waals surface area contributed by atoms with Gasteiger partial charge in [0.05, 0.1) is 17.1 Å². The number of hydrazine groups is 1. The normalized spacial score (nSPS) is 12.2. The molecular weight excluding hydrogens is 518 g/mol. The van der Waals surface area contributed by atoms with Crippen LogP contribution in [0.3, 0.4) is 0 Å². The largest absolute Gasteiger partial charge is 0.461 e. The highest BCUT2D eigenvalue weighted by molar-refractivity contribution is 7.98. The van der Waals surface area contributed by atoms with Gasteiger partial charge in [-0.15, -0.1) is 11.8 Å². The molecule has 38 heavy (non-hydrogen) atoms. The highest BCUT2D eigenvalue weighted by Crippen LogP contribution is 2.35. The number of halogens is 4. The van der Waals surface area contributed by atoms with Gasteiger partial charge < -0.3 is 15.0 Å². The summed E-state index contributed by atoms with van der Waals surface area (Å²) in [7, 11) is 0. The van der Waals surface area contributed by atoms with E-state index in [-0.39, 0.29) is 0 Å². The Bertz CT molecular complexity index is 1440. The fraction of sp³-hybridized carbons (Fsp3) is 0.148. The average Bonchev–Trinajstić information content (AvgIpc) is 3.34. The number of hydrogen-bond acceptors (Lipinski definition) is 6. The van der Waals surface area contributed by atoms with Gasteiger partial charge in [0.25, 0.3) is 0 Å². The number of anilines is 1. The lowest BCUT2D eigenvalue weighted by Gasteiger charge is -2.26. The van der Waals surface area contributed by atoms with Crippen LogP contribution in [-0.4, -0.2) is 28.3 Å². The molecule has 6 nitrogen and oxygen atoms in total. The second-order valence-corrected chi connectivity index (χ2v) is 9.07. The van der Waals surface area contributed by atoms with E-state index in [0.29, 0.717) is 16.9 Å². The highest BCUT2D eigenvalue weighted by atomic mass is 32.2. The molecule has 4 aromatic rings. The Labute approximate surface area is 221 Å². The lowest BCUT2D eigenvalue weighted by Crippen LogP contribution is -2.33. The summed E-state index contributed by atoms with van der Waals surface area (Å²) in [4.78, 5) is 5.41. The predicted octanol–water partition coefficient (Wildman–Crippen LogP) is 6.44. The predicted molar refractivity (Wildman–Crippen MR) is 142 cm³/mol. The maximum Gasteiger partial charge on any atom is 0.461 e. The van der Waals surface area contributed by atoms with Crippen LogP contribution in [0.15, 0.2) is 90.2 Å². The van der Waals surface area contributed by atoms with E-state index < -0.39 is 18.3 Å². The molecule has 0 radical (unpaired) electrons. The van der Waals surface area contributed by atoms with Crippen molar-refractivity contribution in [1.29, 1.82) is 0 Å². The number of aromatic nitrogens is 2. The Kier molecular flexibility index (Phi) is 7.98. The number of nitrogens with zero attached hydrogens (tertiary/aromatic N) is 3. The van der Waals surface area contributed by atoms with Crippen molar-refractivity contribution in [2.45, 2.75) is 24.4 Å². The van der Waals surface area contributed by atoms with E-state index in [1.807, 2.05) is 54.1 Å². The second-order valence-electron chi connectivity index (χ2n) is 8.19. The lowest BCUT2D eigenvalue weighted by atomic mass is 10.0. The van der Waals surface area contributed by atoms with Crippen molar-refractivity contribution in [3.63, 3.8) is 0 Å². The zero-order valence-electron chi connectivity index (χ0n) is 20.5. The molecule has 0 aliphatic heterocycles. The van der Waals surface area contributed by atoms with Gasteiger partial charge in [0, 0.05) is 29.1 Å². The van der Waals surface area contributed by atoms with Crippen LogP contribution in [0.2, 0.25) is 0 Å². The molecule has 0 saturated heterocycles. The molecule has 198 valence electrons. The molecule has 0 bridgehead atoms. The van der Waals surface area contributed by atoms with Crippen LogP contribution in [0, 0.1) is 6.92 Å². The minimum absolute atomic E-state index is 0.339. The van der Waals surface area contributed by atoms with Crippen molar-refractivity contribution in [2.24, 2.45) is 11.6 Å². The van der Waals surface area contributed by atoms with Gasteiger partial charge in [0.1, 0.15) is 11.6 Å². The number of hydrogen-bond donors (Lipinski definition) is 2. The van der Waals surface area contributed by atoms with Gasteiger partial charge in [-0.2, -0.15) is 17.6 Å². The zero-order valence-corrected chi connectivity index (χ0v) is 21.3. The lowest BCUT2D eigenvalue weighted by molar-refractivity contribution is -0.253. The molecule has 0 spiro atoms. The SMILES string of the molecule is CSc1cccc(-c2ccc(-n3ccnc3C)c(N(N)/C(=C\N)c3ccc(OC(F)(F)C(F)F)cc3)c2)c1. The molecule has 0 aliphatic carbocycles. The van der Waals surface area contributed by atoms with E-state index in [9.17, 15) is 17.6 Å². The number of benzene rings is 3. The summed E-state index contributed by atoms with van der Waals surface area (Å²) in [6, 6.07) is 19.0. The van der Waals surface area contributed by atoms with E-state index in [1.54, 1.807) is 24.2 Å². The second kappa shape index (κ2) is 11.2. The molecule has 1 aromatic heterocycles. The van der Waals surface area contributed by atoms with Gasteiger partial charge in [-0.1, -0.05) is 18.2 Å². The third kappa shape index (κ3) is 5.63. The van der Waals surface area contributed by atoms with Gasteiger partial charge >= 0.3 is 12.5 Å². The Morgan fingerprint density at radius 3 is 2.39 bits per heavy atom. The molecule has 4 N–H and O–H groups in total. The van der Waals surface area contributed by atoms with Crippen molar-refractivity contribution in [1.82, 2.24) is 9.55 Å². The summed E-state index contributed by atoms with van der Waals surface area (Å²) in [5.74, 6) is 6.92. The van der Waals surface area contributed by atoms with E-state index in [4.69, 9.17) is 11.6 Å². The van der Waals surface area contributed by atoms with Crippen molar-refractivity contribution >= 4 is 23.1 Å². The van der Waals surface area contributed by atoms with Gasteiger partial charge in [0.2, 0.25) is 0 Å². The number of ether oxygens (including phenoxy) is 1. The van der Waals surface area contributed by atoms with E-state index >= 15 is 0 Å². The Morgan fingerprint density at radius 1 is 1.08 bits per heavy atom. The third-order valence-corrected chi connectivity index (χ3v) is 6.52. The standard InChI is InChI=1S/C27H25F4N5OS/c1-17-34-12-13-35(17)23-11-8-20(19-4-3-5-22(14-19)38-2)15-24(23)36(33)25(16-32)18-6-9-21(10-7-18)37-27(30,31)26(28)29/h3-16,26H,32-33H2,1-2H3/b25-16-. The monoisotopic (exact) mass is 543 g/mol. The number of imidazole rings is 1. The van der Waals surface area contributed by atoms with Crippen molar-refractivity contribution < 1.29 is 22.3 Å². The van der Waals surface area contributed by atoms with Crippen LogP contribution in [-0.2, 0) is 0 Å². The average molecular weight is 544 g/mol. The summed E-state index contributed by atoms with van der Waals surface area (Å²) < 4.78 is 57.6. The Hall–Kier alpha value is -3.96. The summed E-state index contributed by atoms with van der Waals surface area (Å²) in [6.45, 7) is 1.86. The van der Waals surface area contributed by atoms with E-state index in [0.717, 1.165) is 39.7 Å². The maximum absolute atomic E-state index is 13.3. The molecule has 3 aromatic carbocycles. The molecule has 11 heteroatoms. The molecule has 0 atom stereocenters. The minimum atomic E-state index is -4.61. The van der Waals surface area contributed by atoms with Crippen LogP contribution < -0.4 is 21.3 Å². The summed E-state index contributed by atoms with van der Waals surface area (Å²) in [5, 5.41) is 1.38. The summed E-state index contributed by atoms with van der Waals surface area (Å²) in [6.07, 6.45) is -1.83. The molecule has 0 fully saturated rings. The van der Waals surface area contributed by atoms with Crippen molar-refractivity contribution in [2.75, 3.05) is 11.3 Å². The highest BCUT2D eigenvalue weighted by Gasteiger charge is 2.43. The first-order valence-electron chi connectivity index (χ1n) is 11.4. The number of nitrogens with two attached hydrogens (primary N) is 2. The first-order chi connectivity index (χ1) is 18.1. The van der Waals surface area contributed by atoms with Gasteiger partial charge in [-0.05, 0) is 72.8 Å². The number of rotatable bonds is 9. The van der Waals surface area contributed by atoms with Crippen LogP contribution in [0.5, 0.6) is 5.75 Å². The maximum atomic E-state index is 13.3. The zero-order chi connectivity index (χ0) is 27.4. The van der Waals surface area contributed by atoms with Crippen molar-refractivity contribution in [3.8, 4) is 22.6 Å². The molecule has 4 rings (SSSR count). The van der Waals surface area contributed by atoms with Crippen LogP contribution >= 0.6 is 11.8 Å². The minimum Gasteiger partial charge on any atom is -0.428 e. The van der Waals surface area contributed by atoms with Crippen LogP contribution in [0.25, 0.3) is 22.5 Å². The van der Waals surface area contributed by atoms with Crippen molar-refractivity contribution in [3.05, 3.63) is 96.7 Å². The smallest absolute Gasteiger partial charge is 0.428 e. The Morgan fingerprint density at radius 2 is 1.79 bits per heavy atom. The van der Waals surface area contributed by atoms with Gasteiger partial charge in [-0.3, -0.25) is 5.01 Å². The van der Waals surface area contributed by atoms with Gasteiger partial charge in [-0.25, -0.2) is 10.8 Å². The van der Waals surface area contributed by atoms with E-state index in [2.05, 4.69) is 15.8 Å². The fourth-order valence-electron chi connectivity index (χ4n) is 3.88. The molecule has 0 amide bonds. The molecule has 1 heterocycles. The van der Waals surface area contributed by atoms with E-state index in [1.165, 1.54) is 23.3 Å². The molecule has 0 saturated carbocycles. The molecule has 0 aliphatic rings.